The van der Waals surface area contributed by atoms with E-state index in [-0.39, 0.29) is 12.4 Å². The highest BCUT2D eigenvalue weighted by Gasteiger charge is 2.09. The number of anilines is 1. The van der Waals surface area contributed by atoms with Crippen LogP contribution in [0.4, 0.5) is 5.69 Å². The zero-order valence-corrected chi connectivity index (χ0v) is 13.6. The molecule has 3 rings (SSSR count). The Kier molecular flexibility index (Phi) is 4.59. The lowest BCUT2D eigenvalue weighted by atomic mass is 10.1. The summed E-state index contributed by atoms with van der Waals surface area (Å²) in [6.45, 7) is 1.44. The molecule has 1 aromatic carbocycles. The van der Waals surface area contributed by atoms with Crippen LogP contribution >= 0.6 is 11.6 Å². The summed E-state index contributed by atoms with van der Waals surface area (Å²) in [6.07, 6.45) is 4.63. The second-order valence-electron chi connectivity index (χ2n) is 5.18. The van der Waals surface area contributed by atoms with Crippen molar-refractivity contribution in [2.45, 2.75) is 13.5 Å². The van der Waals surface area contributed by atoms with Gasteiger partial charge in [-0.3, -0.25) is 15.4 Å². The third-order valence-electron chi connectivity index (χ3n) is 3.61. The summed E-state index contributed by atoms with van der Waals surface area (Å²) in [5, 5.41) is 25.1. The predicted molar refractivity (Wildman–Crippen MR) is 94.5 cm³/mol. The molecular formula is C17H15ClN4O2. The summed E-state index contributed by atoms with van der Waals surface area (Å²) in [4.78, 5) is 8.28. The first-order valence-corrected chi connectivity index (χ1v) is 7.59. The first kappa shape index (κ1) is 16.2. The van der Waals surface area contributed by atoms with Crippen LogP contribution in [0.3, 0.4) is 0 Å². The normalized spacial score (nSPS) is 11.3. The molecule has 2 heterocycles. The molecule has 0 saturated heterocycles. The third-order valence-corrected chi connectivity index (χ3v) is 3.85. The molecule has 2 aromatic heterocycles. The van der Waals surface area contributed by atoms with E-state index >= 15 is 0 Å². The highest BCUT2D eigenvalue weighted by Crippen LogP contribution is 2.25. The molecule has 24 heavy (non-hydrogen) atoms. The van der Waals surface area contributed by atoms with Gasteiger partial charge in [0.1, 0.15) is 5.75 Å². The number of aromatic nitrogens is 2. The number of hydrogen-bond acceptors (Lipinski definition) is 6. The number of hydrazone groups is 1. The van der Waals surface area contributed by atoms with Crippen molar-refractivity contribution < 1.29 is 10.2 Å². The SMILES string of the molecule is Cc1ncc(CO)c(/C=N\Nc2ccnc3cc(Cl)ccc23)c1O. The van der Waals surface area contributed by atoms with Gasteiger partial charge in [0.2, 0.25) is 0 Å². The standard InChI is InChI=1S/C17H15ClN4O2/c1-10-17(24)14(11(9-23)7-20-10)8-21-22-15-4-5-19-16-6-12(18)2-3-13(15)16/h2-8,23-24H,9H2,1H3,(H,19,22)/b21-8-. The van der Waals surface area contributed by atoms with E-state index in [1.165, 1.54) is 12.4 Å². The molecule has 3 N–H and O–H groups in total. The zero-order chi connectivity index (χ0) is 17.1. The van der Waals surface area contributed by atoms with Gasteiger partial charge in [-0.1, -0.05) is 11.6 Å². The van der Waals surface area contributed by atoms with Crippen molar-refractivity contribution in [3.63, 3.8) is 0 Å². The fourth-order valence-corrected chi connectivity index (χ4v) is 2.47. The van der Waals surface area contributed by atoms with Gasteiger partial charge in [-0.25, -0.2) is 0 Å². The van der Waals surface area contributed by atoms with Gasteiger partial charge >= 0.3 is 0 Å². The first-order valence-electron chi connectivity index (χ1n) is 7.22. The van der Waals surface area contributed by atoms with Gasteiger partial charge in [0.05, 0.1) is 29.7 Å². The molecule has 6 nitrogen and oxygen atoms in total. The highest BCUT2D eigenvalue weighted by atomic mass is 35.5. The predicted octanol–water partition coefficient (Wildman–Crippen LogP) is 3.24. The molecule has 0 saturated carbocycles. The lowest BCUT2D eigenvalue weighted by Gasteiger charge is -2.08. The van der Waals surface area contributed by atoms with Crippen LogP contribution in [0, 0.1) is 6.92 Å². The summed E-state index contributed by atoms with van der Waals surface area (Å²) in [6, 6.07) is 7.20. The fraction of sp³-hybridized carbons (Fsp3) is 0.118. The van der Waals surface area contributed by atoms with E-state index in [2.05, 4.69) is 20.5 Å². The van der Waals surface area contributed by atoms with E-state index in [1.807, 2.05) is 6.07 Å². The molecular weight excluding hydrogens is 328 g/mol. The maximum absolute atomic E-state index is 10.1. The molecule has 3 aromatic rings. The Bertz CT molecular complexity index is 928. The second-order valence-corrected chi connectivity index (χ2v) is 5.62. The summed E-state index contributed by atoms with van der Waals surface area (Å²) < 4.78 is 0. The molecule has 0 aliphatic heterocycles. The quantitative estimate of drug-likeness (QED) is 0.500. The van der Waals surface area contributed by atoms with Crippen molar-refractivity contribution >= 4 is 34.4 Å². The Labute approximate surface area is 143 Å². The average Bonchev–Trinajstić information content (AvgIpc) is 2.58. The van der Waals surface area contributed by atoms with E-state index in [9.17, 15) is 10.2 Å². The molecule has 0 aliphatic rings. The number of aromatic hydroxyl groups is 1. The van der Waals surface area contributed by atoms with Crippen molar-refractivity contribution in [2.75, 3.05) is 5.43 Å². The van der Waals surface area contributed by atoms with Crippen LogP contribution in [-0.4, -0.2) is 26.4 Å². The van der Waals surface area contributed by atoms with E-state index < -0.39 is 0 Å². The van der Waals surface area contributed by atoms with Crippen LogP contribution in [0.1, 0.15) is 16.8 Å². The van der Waals surface area contributed by atoms with Crippen molar-refractivity contribution in [3.8, 4) is 5.75 Å². The van der Waals surface area contributed by atoms with Gasteiger partial charge in [-0.05, 0) is 31.2 Å². The molecule has 0 bridgehead atoms. The summed E-state index contributed by atoms with van der Waals surface area (Å²) >= 11 is 5.97. The van der Waals surface area contributed by atoms with Gasteiger partial charge in [-0.15, -0.1) is 0 Å². The maximum Gasteiger partial charge on any atom is 0.145 e. The van der Waals surface area contributed by atoms with Gasteiger partial charge in [0, 0.05) is 33.9 Å². The molecule has 0 fully saturated rings. The van der Waals surface area contributed by atoms with Gasteiger partial charge in [0.15, 0.2) is 0 Å². The summed E-state index contributed by atoms with van der Waals surface area (Å²) in [5.74, 6) is -0.00142. The van der Waals surface area contributed by atoms with Gasteiger partial charge in [-0.2, -0.15) is 5.10 Å². The number of nitrogens with zero attached hydrogens (tertiary/aromatic N) is 3. The fourth-order valence-electron chi connectivity index (χ4n) is 2.31. The number of aryl methyl sites for hydroxylation is 1. The van der Waals surface area contributed by atoms with Crippen molar-refractivity contribution in [3.05, 3.63) is 58.5 Å². The van der Waals surface area contributed by atoms with Crippen LogP contribution in [0.25, 0.3) is 10.9 Å². The van der Waals surface area contributed by atoms with Crippen molar-refractivity contribution in [2.24, 2.45) is 5.10 Å². The highest BCUT2D eigenvalue weighted by molar-refractivity contribution is 6.31. The van der Waals surface area contributed by atoms with Crippen LogP contribution < -0.4 is 5.43 Å². The number of nitrogens with one attached hydrogen (secondary N) is 1. The monoisotopic (exact) mass is 342 g/mol. The molecule has 122 valence electrons. The Hall–Kier alpha value is -2.70. The maximum atomic E-state index is 10.1. The summed E-state index contributed by atoms with van der Waals surface area (Å²) in [5.41, 5.74) is 5.83. The van der Waals surface area contributed by atoms with E-state index in [0.29, 0.717) is 21.8 Å². The molecule has 7 heteroatoms. The number of fused-ring (bicyclic) bond motifs is 1. The molecule has 0 radical (unpaired) electrons. The topological polar surface area (TPSA) is 90.6 Å². The molecule has 0 unspecified atom stereocenters. The average molecular weight is 343 g/mol. The summed E-state index contributed by atoms with van der Waals surface area (Å²) in [7, 11) is 0. The minimum absolute atomic E-state index is 0.00142. The van der Waals surface area contributed by atoms with E-state index in [0.717, 1.165) is 16.6 Å². The van der Waals surface area contributed by atoms with E-state index in [1.54, 1.807) is 31.3 Å². The minimum atomic E-state index is -0.237. The molecule has 0 atom stereocenters. The Morgan fingerprint density at radius 1 is 1.29 bits per heavy atom. The third kappa shape index (κ3) is 3.15. The number of pyridine rings is 2. The van der Waals surface area contributed by atoms with Gasteiger partial charge in [0.25, 0.3) is 0 Å². The largest absolute Gasteiger partial charge is 0.505 e. The first-order chi connectivity index (χ1) is 11.6. The molecule has 0 aliphatic carbocycles. The number of aliphatic hydroxyl groups is 1. The number of halogens is 1. The van der Waals surface area contributed by atoms with Crippen LogP contribution in [0.2, 0.25) is 5.02 Å². The zero-order valence-electron chi connectivity index (χ0n) is 12.9. The Morgan fingerprint density at radius 2 is 2.12 bits per heavy atom. The van der Waals surface area contributed by atoms with E-state index in [4.69, 9.17) is 11.6 Å². The van der Waals surface area contributed by atoms with Crippen molar-refractivity contribution in [1.29, 1.82) is 0 Å². The minimum Gasteiger partial charge on any atom is -0.505 e. The van der Waals surface area contributed by atoms with Crippen LogP contribution in [-0.2, 0) is 6.61 Å². The number of benzene rings is 1. The lowest BCUT2D eigenvalue weighted by Crippen LogP contribution is -2.00. The van der Waals surface area contributed by atoms with Crippen molar-refractivity contribution in [1.82, 2.24) is 9.97 Å². The molecule has 0 spiro atoms. The van der Waals surface area contributed by atoms with Gasteiger partial charge < -0.3 is 10.2 Å². The number of aliphatic hydroxyl groups excluding tert-OH is 1. The lowest BCUT2D eigenvalue weighted by molar-refractivity contribution is 0.280. The Balaban J connectivity index is 1.92. The van der Waals surface area contributed by atoms with Crippen LogP contribution in [0.15, 0.2) is 41.8 Å². The number of rotatable bonds is 4. The molecule has 0 amide bonds. The number of hydrogen-bond donors (Lipinski definition) is 3. The Morgan fingerprint density at radius 3 is 2.92 bits per heavy atom. The smallest absolute Gasteiger partial charge is 0.145 e. The second kappa shape index (κ2) is 6.82. The van der Waals surface area contributed by atoms with Crippen LogP contribution in [0.5, 0.6) is 5.75 Å².